The van der Waals surface area contributed by atoms with Gasteiger partial charge in [-0.1, -0.05) is 32.9 Å². The van der Waals surface area contributed by atoms with E-state index >= 15 is 0 Å². The summed E-state index contributed by atoms with van der Waals surface area (Å²) < 4.78 is 1.92. The van der Waals surface area contributed by atoms with Crippen LogP contribution in [0.2, 0.25) is 0 Å². The highest BCUT2D eigenvalue weighted by Gasteiger charge is 2.24. The molecule has 7 heteroatoms. The maximum Gasteiger partial charge on any atom is 0.158 e. The molecular weight excluding hydrogens is 482 g/mol. The first kappa shape index (κ1) is 25.6. The highest BCUT2D eigenvalue weighted by molar-refractivity contribution is 5.93. The molecule has 202 valence electrons. The standard InChI is InChI=1S/C32H39N7/c1-6-25-21(4)32-35-19-36-39(32)18-27(25)31-30(20(2)3)26-15-24(8-9-28(26)37-31)23-11-13-38(14-12-23)29-10-7-22(16-33-5)17-34-29/h7-10,15,17-20,23,33,37H,6,11-14,16H2,1-5H3. The summed E-state index contributed by atoms with van der Waals surface area (Å²) in [6.45, 7) is 11.9. The van der Waals surface area contributed by atoms with Gasteiger partial charge in [0.25, 0.3) is 0 Å². The molecule has 1 aromatic carbocycles. The number of aryl methyl sites for hydroxylation is 1. The summed E-state index contributed by atoms with van der Waals surface area (Å²) in [7, 11) is 1.97. The van der Waals surface area contributed by atoms with E-state index in [1.807, 2.05) is 17.8 Å². The van der Waals surface area contributed by atoms with Crippen LogP contribution in [0.3, 0.4) is 0 Å². The first-order valence-electron chi connectivity index (χ1n) is 14.3. The van der Waals surface area contributed by atoms with Crippen LogP contribution in [-0.4, -0.2) is 44.7 Å². The van der Waals surface area contributed by atoms with Gasteiger partial charge in [0.1, 0.15) is 12.1 Å². The van der Waals surface area contributed by atoms with E-state index < -0.39 is 0 Å². The number of hydrogen-bond acceptors (Lipinski definition) is 5. The third kappa shape index (κ3) is 4.59. The van der Waals surface area contributed by atoms with Crippen LogP contribution in [0.5, 0.6) is 0 Å². The van der Waals surface area contributed by atoms with E-state index in [0.29, 0.717) is 11.8 Å². The Morgan fingerprint density at radius 3 is 2.62 bits per heavy atom. The van der Waals surface area contributed by atoms with Crippen LogP contribution in [0.1, 0.15) is 73.3 Å². The van der Waals surface area contributed by atoms with Crippen molar-refractivity contribution < 1.29 is 0 Å². The zero-order chi connectivity index (χ0) is 27.1. The fourth-order valence-electron chi connectivity index (χ4n) is 6.47. The van der Waals surface area contributed by atoms with E-state index in [-0.39, 0.29) is 0 Å². The number of hydrogen-bond donors (Lipinski definition) is 2. The molecule has 2 N–H and O–H groups in total. The molecule has 0 unspecified atom stereocenters. The number of piperidine rings is 1. The number of benzene rings is 1. The Balaban J connectivity index is 1.31. The largest absolute Gasteiger partial charge is 0.357 e. The molecule has 4 aromatic heterocycles. The highest BCUT2D eigenvalue weighted by Crippen LogP contribution is 2.40. The zero-order valence-electron chi connectivity index (χ0n) is 23.8. The summed E-state index contributed by atoms with van der Waals surface area (Å²) in [6.07, 6.45) is 9.03. The van der Waals surface area contributed by atoms with Gasteiger partial charge >= 0.3 is 0 Å². The number of anilines is 1. The van der Waals surface area contributed by atoms with E-state index in [2.05, 4.69) is 89.5 Å². The van der Waals surface area contributed by atoms with E-state index in [1.54, 1.807) is 6.33 Å². The van der Waals surface area contributed by atoms with Gasteiger partial charge in [0.05, 0.1) is 5.69 Å². The third-order valence-corrected chi connectivity index (χ3v) is 8.48. The molecule has 5 aromatic rings. The van der Waals surface area contributed by atoms with Crippen LogP contribution in [0.15, 0.2) is 49.1 Å². The Labute approximate surface area is 230 Å². The van der Waals surface area contributed by atoms with Gasteiger partial charge in [0, 0.05) is 48.5 Å². The molecule has 6 rings (SSSR count). The van der Waals surface area contributed by atoms with Gasteiger partial charge in [0.15, 0.2) is 5.65 Å². The molecule has 0 saturated carbocycles. The van der Waals surface area contributed by atoms with Gasteiger partial charge in [-0.15, -0.1) is 0 Å². The number of pyridine rings is 2. The zero-order valence-corrected chi connectivity index (χ0v) is 23.8. The number of fused-ring (bicyclic) bond motifs is 2. The lowest BCUT2D eigenvalue weighted by Gasteiger charge is -2.33. The molecular formula is C32H39N7. The monoisotopic (exact) mass is 521 g/mol. The highest BCUT2D eigenvalue weighted by atomic mass is 15.3. The second-order valence-electron chi connectivity index (χ2n) is 11.2. The smallest absolute Gasteiger partial charge is 0.158 e. The van der Waals surface area contributed by atoms with Crippen molar-refractivity contribution in [3.05, 3.63) is 76.9 Å². The summed E-state index contributed by atoms with van der Waals surface area (Å²) in [5.74, 6) is 2.04. The first-order chi connectivity index (χ1) is 19.0. The van der Waals surface area contributed by atoms with Gasteiger partial charge in [-0.25, -0.2) is 14.5 Å². The second kappa shape index (κ2) is 10.5. The van der Waals surface area contributed by atoms with Gasteiger partial charge in [-0.2, -0.15) is 5.10 Å². The number of aromatic nitrogens is 5. The molecule has 0 atom stereocenters. The molecule has 0 aliphatic carbocycles. The maximum absolute atomic E-state index is 4.73. The van der Waals surface area contributed by atoms with E-state index in [0.717, 1.165) is 50.4 Å². The Kier molecular flexibility index (Phi) is 6.85. The molecule has 0 bridgehead atoms. The average molecular weight is 522 g/mol. The predicted molar refractivity (Wildman–Crippen MR) is 160 cm³/mol. The SMILES string of the molecule is CCc1c(-c2[nH]c3ccc(C4CCN(c5ccc(CNC)cn5)CC4)cc3c2C(C)C)cn2ncnc2c1C. The van der Waals surface area contributed by atoms with Crippen LogP contribution in [0, 0.1) is 6.92 Å². The summed E-state index contributed by atoms with van der Waals surface area (Å²) >= 11 is 0. The van der Waals surface area contributed by atoms with Crippen molar-refractivity contribution in [3.63, 3.8) is 0 Å². The van der Waals surface area contributed by atoms with Crippen molar-refractivity contribution in [3.8, 4) is 11.3 Å². The second-order valence-corrected chi connectivity index (χ2v) is 11.2. The van der Waals surface area contributed by atoms with Crippen LogP contribution >= 0.6 is 0 Å². The molecule has 0 spiro atoms. The fraction of sp³-hybridized carbons (Fsp3) is 0.406. The minimum Gasteiger partial charge on any atom is -0.357 e. The first-order valence-corrected chi connectivity index (χ1v) is 14.3. The van der Waals surface area contributed by atoms with Gasteiger partial charge < -0.3 is 15.2 Å². The molecule has 1 saturated heterocycles. The van der Waals surface area contributed by atoms with Crippen molar-refractivity contribution in [1.82, 2.24) is 29.9 Å². The molecule has 1 aliphatic heterocycles. The van der Waals surface area contributed by atoms with Gasteiger partial charge in [-0.05, 0) is 91.1 Å². The Morgan fingerprint density at radius 2 is 1.92 bits per heavy atom. The van der Waals surface area contributed by atoms with E-state index in [1.165, 1.54) is 50.0 Å². The molecule has 0 amide bonds. The van der Waals surface area contributed by atoms with Crippen LogP contribution in [-0.2, 0) is 13.0 Å². The summed E-state index contributed by atoms with van der Waals surface area (Å²) in [4.78, 5) is 15.5. The van der Waals surface area contributed by atoms with Crippen molar-refractivity contribution in [2.75, 3.05) is 25.0 Å². The Hall–Kier alpha value is -3.71. The maximum atomic E-state index is 4.73. The van der Waals surface area contributed by atoms with Crippen LogP contribution < -0.4 is 10.2 Å². The van der Waals surface area contributed by atoms with Crippen molar-refractivity contribution in [2.24, 2.45) is 0 Å². The number of H-pyrrole nitrogens is 1. The lowest BCUT2D eigenvalue weighted by atomic mass is 9.87. The van der Waals surface area contributed by atoms with Crippen LogP contribution in [0.25, 0.3) is 27.8 Å². The molecule has 1 aliphatic rings. The normalized spacial score (nSPS) is 14.8. The number of nitrogens with zero attached hydrogens (tertiary/aromatic N) is 5. The Morgan fingerprint density at radius 1 is 1.10 bits per heavy atom. The summed E-state index contributed by atoms with van der Waals surface area (Å²) in [5.41, 5.74) is 11.2. The third-order valence-electron chi connectivity index (χ3n) is 8.48. The van der Waals surface area contributed by atoms with Crippen LogP contribution in [0.4, 0.5) is 5.82 Å². The van der Waals surface area contributed by atoms with Crippen molar-refractivity contribution in [1.29, 1.82) is 0 Å². The quantitative estimate of drug-likeness (QED) is 0.260. The molecule has 0 radical (unpaired) electrons. The minimum absolute atomic E-state index is 0.388. The van der Waals surface area contributed by atoms with E-state index in [4.69, 9.17) is 4.98 Å². The summed E-state index contributed by atoms with van der Waals surface area (Å²) in [6, 6.07) is 11.4. The van der Waals surface area contributed by atoms with Crippen molar-refractivity contribution >= 4 is 22.4 Å². The summed E-state index contributed by atoms with van der Waals surface area (Å²) in [5, 5.41) is 9.01. The predicted octanol–water partition coefficient (Wildman–Crippen LogP) is 6.37. The molecule has 7 nitrogen and oxygen atoms in total. The lowest BCUT2D eigenvalue weighted by molar-refractivity contribution is 0.503. The minimum atomic E-state index is 0.388. The lowest BCUT2D eigenvalue weighted by Crippen LogP contribution is -2.33. The van der Waals surface area contributed by atoms with Gasteiger partial charge in [0.2, 0.25) is 0 Å². The Bertz CT molecular complexity index is 1600. The number of rotatable bonds is 7. The van der Waals surface area contributed by atoms with E-state index in [9.17, 15) is 0 Å². The topological polar surface area (TPSA) is 74.1 Å². The van der Waals surface area contributed by atoms with Gasteiger partial charge in [-0.3, -0.25) is 0 Å². The number of aromatic amines is 1. The molecule has 1 fully saturated rings. The molecule has 5 heterocycles. The average Bonchev–Trinajstić information content (AvgIpc) is 3.58. The molecule has 39 heavy (non-hydrogen) atoms. The fourth-order valence-corrected chi connectivity index (χ4v) is 6.47. The number of nitrogens with one attached hydrogen (secondary N) is 2. The van der Waals surface area contributed by atoms with Crippen molar-refractivity contribution in [2.45, 2.75) is 65.3 Å².